The number of nitrogens with zero attached hydrogens (tertiary/aromatic N) is 4. The molecule has 0 unspecified atom stereocenters. The highest BCUT2D eigenvalue weighted by Gasteiger charge is 2.24. The minimum atomic E-state index is -1.05. The number of carbonyl (C=O) groups excluding carboxylic acids is 5. The van der Waals surface area contributed by atoms with E-state index in [1.165, 1.54) is 129 Å². The Morgan fingerprint density at radius 3 is 0.941 bits per heavy atom. The number of halogens is 11. The Morgan fingerprint density at radius 1 is 0.316 bits per heavy atom. The summed E-state index contributed by atoms with van der Waals surface area (Å²) < 4.78 is 94.3. The first-order valence-electron chi connectivity index (χ1n) is 45.8. The van der Waals surface area contributed by atoms with Crippen LogP contribution in [0, 0.1) is 87.4 Å². The molecule has 0 atom stereocenters. The van der Waals surface area contributed by atoms with E-state index in [1.807, 2.05) is 137 Å². The molecule has 11 aromatic rings. The largest absolute Gasteiger partial charge is 0.379 e. The Balaban J connectivity index is 0.000000163. The van der Waals surface area contributed by atoms with Crippen LogP contribution in [0.2, 0.25) is 0 Å². The number of piperidine rings is 2. The van der Waals surface area contributed by atoms with Crippen LogP contribution in [0.25, 0.3) is 0 Å². The van der Waals surface area contributed by atoms with Gasteiger partial charge in [0.05, 0.1) is 69.5 Å². The van der Waals surface area contributed by atoms with Crippen molar-refractivity contribution in [3.05, 3.63) is 307 Å². The van der Waals surface area contributed by atoms with E-state index in [2.05, 4.69) is 186 Å². The Bertz CT molecular complexity index is 5830. The number of anilines is 10. The Labute approximate surface area is 866 Å². The summed E-state index contributed by atoms with van der Waals surface area (Å²) in [6.45, 7) is 26.1. The third-order valence-corrected chi connectivity index (χ3v) is 27.6. The summed E-state index contributed by atoms with van der Waals surface area (Å²) in [7, 11) is 0. The number of nitrogens with one attached hydrogen (secondary N) is 10. The van der Waals surface area contributed by atoms with E-state index >= 15 is 0 Å². The fourth-order valence-electron chi connectivity index (χ4n) is 15.8. The van der Waals surface area contributed by atoms with Gasteiger partial charge in [-0.3, -0.25) is 28.9 Å². The van der Waals surface area contributed by atoms with E-state index in [4.69, 9.17) is 4.74 Å². The zero-order chi connectivity index (χ0) is 97.0. The lowest BCUT2D eigenvalue weighted by Gasteiger charge is -2.26. The molecule has 1 aromatic heterocycles. The molecule has 5 amide bonds. The van der Waals surface area contributed by atoms with Gasteiger partial charge in [0.2, 0.25) is 0 Å². The fourth-order valence-corrected chi connectivity index (χ4v) is 19.7. The van der Waals surface area contributed by atoms with E-state index in [-0.39, 0.29) is 58.1 Å². The highest BCUT2D eigenvalue weighted by atomic mass is 127. The van der Waals surface area contributed by atoms with Gasteiger partial charge in [-0.1, -0.05) is 18.9 Å². The van der Waals surface area contributed by atoms with Crippen molar-refractivity contribution in [3.8, 4) is 0 Å². The standard InChI is InChI=1S/C22H26F2IN3O.C22H27FIN3O.C20H23FIN3O2.C20H23FIN3O.C20H18FIN2OS/c1-15-14-16(25)6-9-19(15)27-21-17(7-8-18(23)20(21)24)22(29)26-10-5-13-28-11-3-2-4-12-28;1-16-14-18(24)7-9-20(16)26-21-15-17(23)6-8-19(21)22(28)25-10-5-13-27-11-3-2-4-12-27;1-14-12-16(22)3-5-18(14)24-19-13-15(21)2-4-17(19)20(26)23-6-7-25-8-10-27-11-9-25;1-14-12-16(22)5-7-18(14)24-19-13-15(21)4-6-17(19)20(26)23-8-11-25-9-2-3-10-25;1-13-11-15(22)5-7-18(13)24-19-12-14(21)4-6-17(19)20(25)23-9-8-16-3-2-10-26-16/h6-9,14,27H,2-5,10-13H2,1H3,(H,26,29);6-9,14-15,26H,2-5,10-13H2,1H3,(H,25,28);2-5,12-13,24H,6-11H2,1H3,(H,23,26);4-7,12-13,24H,2-3,8-11H2,1H3,(H,23,26);2-7,10-12,24H,8-9H2,1H3,(H,23,25). The van der Waals surface area contributed by atoms with Crippen LogP contribution in [0.5, 0.6) is 0 Å². The van der Waals surface area contributed by atoms with Gasteiger partial charge in [-0.25, -0.2) is 26.3 Å². The van der Waals surface area contributed by atoms with Crippen LogP contribution in [-0.4, -0.2) is 174 Å². The van der Waals surface area contributed by atoms with Crippen LogP contribution in [0.4, 0.5) is 83.2 Å². The number of rotatable bonds is 32. The molecule has 0 aliphatic carbocycles. The van der Waals surface area contributed by atoms with E-state index in [1.54, 1.807) is 23.5 Å². The second kappa shape index (κ2) is 55.9. The Kier molecular flexibility index (Phi) is 44.3. The molecule has 0 bridgehead atoms. The van der Waals surface area contributed by atoms with Gasteiger partial charge >= 0.3 is 0 Å². The minimum absolute atomic E-state index is 0.0971. The number of thiophene rings is 1. The number of benzene rings is 10. The summed E-state index contributed by atoms with van der Waals surface area (Å²) in [6.07, 6.45) is 12.6. The number of morpholine rings is 1. The van der Waals surface area contributed by atoms with Gasteiger partial charge in [0, 0.05) is 110 Å². The summed E-state index contributed by atoms with van der Waals surface area (Å²) in [6, 6.07) is 52.6. The van der Waals surface area contributed by atoms with Crippen LogP contribution in [-0.2, 0) is 11.2 Å². The van der Waals surface area contributed by atoms with E-state index in [0.717, 1.165) is 185 Å². The van der Waals surface area contributed by atoms with Crippen LogP contribution < -0.4 is 53.2 Å². The van der Waals surface area contributed by atoms with Crippen molar-refractivity contribution in [2.45, 2.75) is 105 Å². The molecule has 0 radical (unpaired) electrons. The molecule has 15 rings (SSSR count). The van der Waals surface area contributed by atoms with Crippen LogP contribution in [0.1, 0.15) is 149 Å². The van der Waals surface area contributed by atoms with Crippen molar-refractivity contribution in [2.24, 2.45) is 0 Å². The Hall–Kier alpha value is -8.72. The zero-order valence-corrected chi connectivity index (χ0v) is 88.6. The van der Waals surface area contributed by atoms with Crippen molar-refractivity contribution in [2.75, 3.05) is 151 Å². The predicted octanol–water partition coefficient (Wildman–Crippen LogP) is 23.7. The maximum absolute atomic E-state index is 14.5. The molecule has 20 nitrogen and oxygen atoms in total. The summed E-state index contributed by atoms with van der Waals surface area (Å²) in [5.74, 6) is -4.75. The molecule has 10 aromatic carbocycles. The van der Waals surface area contributed by atoms with Gasteiger partial charge in [-0.2, -0.15) is 0 Å². The smallest absolute Gasteiger partial charge is 0.253 e. The van der Waals surface area contributed by atoms with Crippen molar-refractivity contribution >= 4 is 211 Å². The molecule has 0 spiro atoms. The first-order chi connectivity index (χ1) is 65.6. The van der Waals surface area contributed by atoms with Gasteiger partial charge in [-0.15, -0.1) is 11.3 Å². The lowest BCUT2D eigenvalue weighted by Crippen LogP contribution is -2.41. The molecule has 0 saturated carbocycles. The number of amides is 5. The van der Waals surface area contributed by atoms with Crippen molar-refractivity contribution in [3.63, 3.8) is 0 Å². The predicted molar refractivity (Wildman–Crippen MR) is 580 cm³/mol. The quantitative estimate of drug-likeness (QED) is 0.0107. The molecule has 136 heavy (non-hydrogen) atoms. The second-order valence-electron chi connectivity index (χ2n) is 33.6. The molecule has 5 heterocycles. The number of likely N-dealkylation sites (tertiary alicyclic amines) is 3. The topological polar surface area (TPSA) is 228 Å². The second-order valence-corrected chi connectivity index (χ2v) is 40.8. The normalized spacial score (nSPS) is 13.9. The average molecular weight is 2440 g/mol. The van der Waals surface area contributed by atoms with Crippen LogP contribution >= 0.6 is 124 Å². The van der Waals surface area contributed by atoms with E-state index in [9.17, 15) is 50.3 Å². The first-order valence-corrected chi connectivity index (χ1v) is 52.1. The highest BCUT2D eigenvalue weighted by molar-refractivity contribution is 14.1. The molecular formula is C104H117F6I5N14O6S. The lowest BCUT2D eigenvalue weighted by atomic mass is 10.1. The van der Waals surface area contributed by atoms with Crippen molar-refractivity contribution in [1.82, 2.24) is 46.2 Å². The maximum Gasteiger partial charge on any atom is 0.253 e. The Morgan fingerprint density at radius 2 is 0.610 bits per heavy atom. The molecular weight excluding hydrogens is 2320 g/mol. The molecule has 722 valence electrons. The SMILES string of the molecule is Cc1cc(I)ccc1Nc1c(C(=O)NCCCN2CCCCC2)ccc(F)c1F.Cc1cc(I)ccc1Nc1cc(F)ccc1C(=O)NCCCN1CCCCC1.Cc1cc(I)ccc1Nc1cc(F)ccc1C(=O)NCCN1CCCC1.Cc1cc(I)ccc1Nc1cc(F)ccc1C(=O)NCCN1CCOCC1.Cc1cc(I)ccc1Nc1cc(F)ccc1C(=O)NCCc1cccs1. The third kappa shape index (κ3) is 35.0. The van der Waals surface area contributed by atoms with Crippen molar-refractivity contribution in [1.29, 1.82) is 0 Å². The maximum atomic E-state index is 14.5. The monoisotopic (exact) mass is 2440 g/mol. The number of carbonyl (C=O) groups is 5. The molecule has 4 aliphatic rings. The first kappa shape index (κ1) is 108. The number of hydrogen-bond donors (Lipinski definition) is 10. The summed E-state index contributed by atoms with van der Waals surface area (Å²) in [5.41, 5.74) is 12.7. The third-order valence-electron chi connectivity index (χ3n) is 23.3. The van der Waals surface area contributed by atoms with E-state index in [0.29, 0.717) is 83.4 Å². The molecule has 10 N–H and O–H groups in total. The highest BCUT2D eigenvalue weighted by Crippen LogP contribution is 2.34. The zero-order valence-electron chi connectivity index (χ0n) is 77.0. The van der Waals surface area contributed by atoms with Gasteiger partial charge in [0.15, 0.2) is 11.6 Å². The fraction of sp³-hybridized carbons (Fsp3) is 0.337. The van der Waals surface area contributed by atoms with Gasteiger partial charge in [0.25, 0.3) is 29.5 Å². The van der Waals surface area contributed by atoms with Gasteiger partial charge in [0.1, 0.15) is 23.3 Å². The number of aryl methyl sites for hydroxylation is 5. The molecule has 4 fully saturated rings. The van der Waals surface area contributed by atoms with Crippen molar-refractivity contribution < 1.29 is 55.1 Å². The number of hydrogen-bond acceptors (Lipinski definition) is 16. The summed E-state index contributed by atoms with van der Waals surface area (Å²) in [4.78, 5) is 73.8. The lowest BCUT2D eigenvalue weighted by molar-refractivity contribution is 0.0383. The van der Waals surface area contributed by atoms with E-state index < -0.39 is 17.5 Å². The minimum Gasteiger partial charge on any atom is -0.379 e. The molecule has 4 aliphatic heterocycles. The van der Waals surface area contributed by atoms with Gasteiger partial charge in [-0.05, 0) is 473 Å². The molecule has 4 saturated heterocycles. The summed E-state index contributed by atoms with van der Waals surface area (Å²) in [5, 5.41) is 32.4. The number of ether oxygens (including phenoxy) is 1. The summed E-state index contributed by atoms with van der Waals surface area (Å²) >= 11 is 12.8. The van der Waals surface area contributed by atoms with Crippen LogP contribution in [0.15, 0.2) is 193 Å². The van der Waals surface area contributed by atoms with Crippen LogP contribution in [0.3, 0.4) is 0 Å². The molecule has 32 heteroatoms. The van der Waals surface area contributed by atoms with Gasteiger partial charge < -0.3 is 72.6 Å². The average Bonchev–Trinajstić information content (AvgIpc) is 0.879.